The second kappa shape index (κ2) is 9.45. The number of carbonyl (C=O) groups is 2. The third-order valence-corrected chi connectivity index (χ3v) is 4.53. The molecule has 29 heavy (non-hydrogen) atoms. The zero-order valence-electron chi connectivity index (χ0n) is 15.5. The standard InChI is InChI=1S/C22H18Cl2N2O3/c1-2-29-18-5-3-4-14(12-18)21(27)25-16-7-9-17(10-8-16)26-22(28)19-11-6-15(23)13-20(19)24/h3-13H,2H2,1H3,(H,25,27)(H,26,28). The van der Waals surface area contributed by atoms with E-state index in [0.29, 0.717) is 39.9 Å². The summed E-state index contributed by atoms with van der Waals surface area (Å²) in [4.78, 5) is 24.8. The first-order valence-electron chi connectivity index (χ1n) is 8.87. The molecule has 0 spiro atoms. The summed E-state index contributed by atoms with van der Waals surface area (Å²) in [6.45, 7) is 2.41. The van der Waals surface area contributed by atoms with Crippen molar-refractivity contribution in [2.24, 2.45) is 0 Å². The van der Waals surface area contributed by atoms with Crippen LogP contribution in [0.5, 0.6) is 5.75 Å². The molecule has 0 radical (unpaired) electrons. The van der Waals surface area contributed by atoms with Crippen LogP contribution >= 0.6 is 23.2 Å². The molecule has 0 saturated heterocycles. The van der Waals surface area contributed by atoms with Gasteiger partial charge in [0, 0.05) is 22.0 Å². The van der Waals surface area contributed by atoms with Gasteiger partial charge in [0.15, 0.2) is 0 Å². The highest BCUT2D eigenvalue weighted by atomic mass is 35.5. The average Bonchev–Trinajstić information content (AvgIpc) is 2.70. The number of benzene rings is 3. The van der Waals surface area contributed by atoms with Gasteiger partial charge in [-0.25, -0.2) is 0 Å². The van der Waals surface area contributed by atoms with Crippen molar-refractivity contribution in [3.63, 3.8) is 0 Å². The summed E-state index contributed by atoms with van der Waals surface area (Å²) in [5.74, 6) is 0.0338. The van der Waals surface area contributed by atoms with E-state index in [1.165, 1.54) is 6.07 Å². The van der Waals surface area contributed by atoms with Gasteiger partial charge in [0.05, 0.1) is 17.2 Å². The van der Waals surface area contributed by atoms with E-state index in [2.05, 4.69) is 10.6 Å². The van der Waals surface area contributed by atoms with E-state index in [-0.39, 0.29) is 16.8 Å². The summed E-state index contributed by atoms with van der Waals surface area (Å²) in [5.41, 5.74) is 1.98. The monoisotopic (exact) mass is 428 g/mol. The van der Waals surface area contributed by atoms with Crippen LogP contribution in [0.25, 0.3) is 0 Å². The highest BCUT2D eigenvalue weighted by Crippen LogP contribution is 2.23. The maximum absolute atomic E-state index is 12.4. The van der Waals surface area contributed by atoms with Crippen LogP contribution in [0.3, 0.4) is 0 Å². The van der Waals surface area contributed by atoms with E-state index in [1.54, 1.807) is 60.7 Å². The van der Waals surface area contributed by atoms with Crippen molar-refractivity contribution in [2.45, 2.75) is 6.92 Å². The molecule has 0 unspecified atom stereocenters. The first-order valence-corrected chi connectivity index (χ1v) is 9.62. The van der Waals surface area contributed by atoms with Crippen molar-refractivity contribution in [1.82, 2.24) is 0 Å². The fourth-order valence-corrected chi connectivity index (χ4v) is 3.10. The van der Waals surface area contributed by atoms with Crippen LogP contribution in [0.15, 0.2) is 66.7 Å². The largest absolute Gasteiger partial charge is 0.494 e. The van der Waals surface area contributed by atoms with Crippen LogP contribution in [-0.4, -0.2) is 18.4 Å². The summed E-state index contributed by atoms with van der Waals surface area (Å²) in [5, 5.41) is 6.30. The minimum Gasteiger partial charge on any atom is -0.494 e. The summed E-state index contributed by atoms with van der Waals surface area (Å²) >= 11 is 11.9. The number of carbonyl (C=O) groups excluding carboxylic acids is 2. The Kier molecular flexibility index (Phi) is 6.75. The Morgan fingerprint density at radius 1 is 0.862 bits per heavy atom. The van der Waals surface area contributed by atoms with E-state index in [1.807, 2.05) is 6.92 Å². The molecule has 0 atom stereocenters. The number of anilines is 2. The topological polar surface area (TPSA) is 67.4 Å². The molecular weight excluding hydrogens is 411 g/mol. The third-order valence-electron chi connectivity index (χ3n) is 3.98. The maximum atomic E-state index is 12.4. The lowest BCUT2D eigenvalue weighted by Crippen LogP contribution is -2.13. The van der Waals surface area contributed by atoms with Crippen molar-refractivity contribution in [3.8, 4) is 5.75 Å². The number of rotatable bonds is 6. The van der Waals surface area contributed by atoms with Gasteiger partial charge in [-0.1, -0.05) is 29.3 Å². The number of ether oxygens (including phenoxy) is 1. The Balaban J connectivity index is 1.64. The van der Waals surface area contributed by atoms with Gasteiger partial charge in [-0.05, 0) is 67.6 Å². The smallest absolute Gasteiger partial charge is 0.257 e. The van der Waals surface area contributed by atoms with Gasteiger partial charge in [-0.3, -0.25) is 9.59 Å². The number of halogens is 2. The zero-order valence-corrected chi connectivity index (χ0v) is 17.1. The molecule has 0 fully saturated rings. The fourth-order valence-electron chi connectivity index (χ4n) is 2.61. The van der Waals surface area contributed by atoms with Crippen LogP contribution < -0.4 is 15.4 Å². The Morgan fingerprint density at radius 3 is 2.14 bits per heavy atom. The molecule has 0 aromatic heterocycles. The molecule has 0 aliphatic carbocycles. The lowest BCUT2D eigenvalue weighted by molar-refractivity contribution is 0.101. The fraction of sp³-hybridized carbons (Fsp3) is 0.0909. The van der Waals surface area contributed by atoms with E-state index < -0.39 is 0 Å². The summed E-state index contributed by atoms with van der Waals surface area (Å²) in [6.07, 6.45) is 0. The number of amides is 2. The molecule has 3 aromatic rings. The molecule has 2 N–H and O–H groups in total. The van der Waals surface area contributed by atoms with Gasteiger partial charge < -0.3 is 15.4 Å². The Hall–Kier alpha value is -3.02. The highest BCUT2D eigenvalue weighted by molar-refractivity contribution is 6.37. The average molecular weight is 429 g/mol. The molecule has 5 nitrogen and oxygen atoms in total. The van der Waals surface area contributed by atoms with Crippen LogP contribution in [0, 0.1) is 0 Å². The van der Waals surface area contributed by atoms with Gasteiger partial charge in [0.25, 0.3) is 11.8 Å². The SMILES string of the molecule is CCOc1cccc(C(=O)Nc2ccc(NC(=O)c3ccc(Cl)cc3Cl)cc2)c1. The second-order valence-electron chi connectivity index (χ2n) is 6.07. The predicted octanol–water partition coefficient (Wildman–Crippen LogP) is 5.90. The molecule has 0 aliphatic heterocycles. The van der Waals surface area contributed by atoms with Crippen LogP contribution in [0.2, 0.25) is 10.0 Å². The second-order valence-corrected chi connectivity index (χ2v) is 6.91. The number of hydrogen-bond acceptors (Lipinski definition) is 3. The van der Waals surface area contributed by atoms with Crippen LogP contribution in [-0.2, 0) is 0 Å². The maximum Gasteiger partial charge on any atom is 0.257 e. The minimum absolute atomic E-state index is 0.253. The third kappa shape index (κ3) is 5.50. The molecule has 0 aliphatic rings. The van der Waals surface area contributed by atoms with E-state index in [9.17, 15) is 9.59 Å². The quantitative estimate of drug-likeness (QED) is 0.513. The van der Waals surface area contributed by atoms with Crippen LogP contribution in [0.1, 0.15) is 27.6 Å². The Bertz CT molecular complexity index is 1040. The molecule has 0 heterocycles. The summed E-state index contributed by atoms with van der Waals surface area (Å²) in [7, 11) is 0. The van der Waals surface area contributed by atoms with Crippen molar-refractivity contribution in [1.29, 1.82) is 0 Å². The highest BCUT2D eigenvalue weighted by Gasteiger charge is 2.12. The molecule has 148 valence electrons. The predicted molar refractivity (Wildman–Crippen MR) is 116 cm³/mol. The van der Waals surface area contributed by atoms with Crippen LogP contribution in [0.4, 0.5) is 11.4 Å². The molecule has 3 aromatic carbocycles. The zero-order chi connectivity index (χ0) is 20.8. The molecular formula is C22H18Cl2N2O3. The number of nitrogens with one attached hydrogen (secondary N) is 2. The molecule has 2 amide bonds. The molecule has 7 heteroatoms. The van der Waals surface area contributed by atoms with Gasteiger partial charge in [0.1, 0.15) is 5.75 Å². The summed E-state index contributed by atoms with van der Waals surface area (Å²) < 4.78 is 5.41. The Morgan fingerprint density at radius 2 is 1.52 bits per heavy atom. The van der Waals surface area contributed by atoms with Crippen molar-refractivity contribution >= 4 is 46.4 Å². The molecule has 0 saturated carbocycles. The van der Waals surface area contributed by atoms with Crippen molar-refractivity contribution in [2.75, 3.05) is 17.2 Å². The van der Waals surface area contributed by atoms with Crippen molar-refractivity contribution < 1.29 is 14.3 Å². The van der Waals surface area contributed by atoms with Gasteiger partial charge in [-0.15, -0.1) is 0 Å². The summed E-state index contributed by atoms with van der Waals surface area (Å²) in [6, 6.07) is 18.4. The van der Waals surface area contributed by atoms with Gasteiger partial charge in [0.2, 0.25) is 0 Å². The normalized spacial score (nSPS) is 10.3. The minimum atomic E-state index is -0.351. The van der Waals surface area contributed by atoms with Gasteiger partial charge in [-0.2, -0.15) is 0 Å². The molecule has 0 bridgehead atoms. The molecule has 3 rings (SSSR count). The van der Waals surface area contributed by atoms with E-state index in [0.717, 1.165) is 0 Å². The Labute approximate surface area is 178 Å². The number of hydrogen-bond donors (Lipinski definition) is 2. The van der Waals surface area contributed by atoms with Crippen molar-refractivity contribution in [3.05, 3.63) is 87.9 Å². The first kappa shape index (κ1) is 20.7. The van der Waals surface area contributed by atoms with E-state index in [4.69, 9.17) is 27.9 Å². The lowest BCUT2D eigenvalue weighted by atomic mass is 10.2. The van der Waals surface area contributed by atoms with Gasteiger partial charge >= 0.3 is 0 Å². The lowest BCUT2D eigenvalue weighted by Gasteiger charge is -2.10. The van der Waals surface area contributed by atoms with E-state index >= 15 is 0 Å². The first-order chi connectivity index (χ1) is 14.0.